The lowest BCUT2D eigenvalue weighted by atomic mass is 9.51. The summed E-state index contributed by atoms with van der Waals surface area (Å²) in [4.78, 5) is 2.36. The van der Waals surface area contributed by atoms with Gasteiger partial charge in [-0.05, 0) is 98.1 Å². The van der Waals surface area contributed by atoms with Crippen LogP contribution >= 0.6 is 0 Å². The minimum absolute atomic E-state index is 0.530. The van der Waals surface area contributed by atoms with E-state index in [1.165, 1.54) is 55.6 Å². The molecule has 2 heteroatoms. The predicted octanol–water partition coefficient (Wildman–Crippen LogP) is 14.1. The summed E-state index contributed by atoms with van der Waals surface area (Å²) in [6.07, 6.45) is 0. The topological polar surface area (TPSA) is 16.4 Å². The van der Waals surface area contributed by atoms with Crippen LogP contribution in [0, 0.1) is 0 Å². The fourth-order valence-electron chi connectivity index (χ4n) is 10.6. The molecule has 0 unspecified atom stereocenters. The first kappa shape index (κ1) is 32.8. The molecule has 0 saturated heterocycles. The van der Waals surface area contributed by atoms with Gasteiger partial charge in [0, 0.05) is 33.9 Å². The zero-order chi connectivity index (χ0) is 38.3. The number of benzene rings is 9. The van der Waals surface area contributed by atoms with Crippen LogP contribution in [0.4, 0.5) is 17.1 Å². The zero-order valence-electron chi connectivity index (χ0n) is 31.7. The Labute approximate surface area is 337 Å². The van der Waals surface area contributed by atoms with Crippen LogP contribution < -0.4 is 4.90 Å². The Morgan fingerprint density at radius 1 is 0.293 bits per heavy atom. The monoisotopic (exact) mass is 739 g/mol. The molecular formula is C56H37NO. The van der Waals surface area contributed by atoms with Crippen LogP contribution in [0.2, 0.25) is 0 Å². The van der Waals surface area contributed by atoms with E-state index in [9.17, 15) is 0 Å². The zero-order valence-corrected chi connectivity index (χ0v) is 31.7. The summed E-state index contributed by atoms with van der Waals surface area (Å²) in [6.45, 7) is 0. The van der Waals surface area contributed by atoms with Crippen LogP contribution in [0.15, 0.2) is 229 Å². The van der Waals surface area contributed by atoms with E-state index in [2.05, 4.69) is 217 Å². The van der Waals surface area contributed by atoms with Crippen molar-refractivity contribution in [1.29, 1.82) is 0 Å². The summed E-state index contributed by atoms with van der Waals surface area (Å²) in [7, 11) is 0. The molecule has 0 radical (unpaired) electrons. The Kier molecular flexibility index (Phi) is 7.09. The standard InChI is InChI=1S/C56H37NO/c1-4-18-38(19-5-1)55(39-20-6-2-7-21-39)49-27-13-15-29-51(49)56(52-30-16-14-28-50(52)55)47-26-12-10-24-43(47)46-36-41(33-35-48(46)56)57(40-22-8-3-9-23-40)42-32-34-45-44-25-11-17-31-53(44)58-54(45)37-42/h1-37H. The van der Waals surface area contributed by atoms with Crippen molar-refractivity contribution in [3.8, 4) is 11.1 Å². The van der Waals surface area contributed by atoms with Gasteiger partial charge in [-0.25, -0.2) is 0 Å². The second-order valence-electron chi connectivity index (χ2n) is 15.5. The second-order valence-corrected chi connectivity index (χ2v) is 15.5. The van der Waals surface area contributed by atoms with Crippen LogP contribution in [-0.4, -0.2) is 0 Å². The van der Waals surface area contributed by atoms with Gasteiger partial charge in [0.2, 0.25) is 0 Å². The lowest BCUT2D eigenvalue weighted by Crippen LogP contribution is -2.44. The first-order valence-electron chi connectivity index (χ1n) is 20.1. The van der Waals surface area contributed by atoms with Crippen LogP contribution in [0.3, 0.4) is 0 Å². The van der Waals surface area contributed by atoms with Crippen LogP contribution in [0.1, 0.15) is 44.5 Å². The molecule has 0 atom stereocenters. The number of fused-ring (bicyclic) bond motifs is 12. The van der Waals surface area contributed by atoms with Gasteiger partial charge < -0.3 is 9.32 Å². The second kappa shape index (κ2) is 12.5. The first-order chi connectivity index (χ1) is 28.8. The smallest absolute Gasteiger partial charge is 0.137 e. The molecule has 0 saturated carbocycles. The van der Waals surface area contributed by atoms with Gasteiger partial charge in [-0.15, -0.1) is 0 Å². The highest BCUT2D eigenvalue weighted by Gasteiger charge is 2.56. The van der Waals surface area contributed by atoms with Crippen molar-refractivity contribution >= 4 is 39.0 Å². The van der Waals surface area contributed by atoms with E-state index in [0.717, 1.165) is 39.0 Å². The van der Waals surface area contributed by atoms with Gasteiger partial charge in [0.25, 0.3) is 0 Å². The first-order valence-corrected chi connectivity index (χ1v) is 20.1. The van der Waals surface area contributed by atoms with Crippen LogP contribution in [0.25, 0.3) is 33.1 Å². The molecule has 0 N–H and O–H groups in total. The molecule has 58 heavy (non-hydrogen) atoms. The predicted molar refractivity (Wildman–Crippen MR) is 238 cm³/mol. The highest BCUT2D eigenvalue weighted by molar-refractivity contribution is 6.06. The molecule has 272 valence electrons. The fourth-order valence-corrected chi connectivity index (χ4v) is 10.6. The van der Waals surface area contributed by atoms with E-state index in [1.54, 1.807) is 0 Å². The molecule has 0 aliphatic heterocycles. The Balaban J connectivity index is 1.13. The highest BCUT2D eigenvalue weighted by atomic mass is 16.3. The molecule has 12 rings (SSSR count). The average Bonchev–Trinajstić information content (AvgIpc) is 3.81. The Morgan fingerprint density at radius 3 is 1.41 bits per heavy atom. The van der Waals surface area contributed by atoms with Crippen molar-refractivity contribution in [2.24, 2.45) is 0 Å². The maximum atomic E-state index is 6.43. The number of para-hydroxylation sites is 2. The third kappa shape index (κ3) is 4.37. The third-order valence-corrected chi connectivity index (χ3v) is 12.8. The molecule has 9 aromatic carbocycles. The summed E-state index contributed by atoms with van der Waals surface area (Å²) in [6, 6.07) is 82.5. The molecule has 1 aromatic heterocycles. The van der Waals surface area contributed by atoms with Gasteiger partial charge in [0.1, 0.15) is 11.2 Å². The number of nitrogens with zero attached hydrogens (tertiary/aromatic N) is 1. The van der Waals surface area contributed by atoms with Crippen molar-refractivity contribution in [3.05, 3.63) is 269 Å². The summed E-state index contributed by atoms with van der Waals surface area (Å²) in [5.74, 6) is 0. The number of hydrogen-bond donors (Lipinski definition) is 0. The molecule has 10 aromatic rings. The van der Waals surface area contributed by atoms with Crippen molar-refractivity contribution in [1.82, 2.24) is 0 Å². The fraction of sp³-hybridized carbons (Fsp3) is 0.0357. The highest BCUT2D eigenvalue weighted by Crippen LogP contribution is 2.64. The van der Waals surface area contributed by atoms with Crippen molar-refractivity contribution in [3.63, 3.8) is 0 Å². The van der Waals surface area contributed by atoms with Gasteiger partial charge in [-0.2, -0.15) is 0 Å². The minimum Gasteiger partial charge on any atom is -0.456 e. The van der Waals surface area contributed by atoms with Gasteiger partial charge in [0.15, 0.2) is 0 Å². The maximum Gasteiger partial charge on any atom is 0.137 e. The van der Waals surface area contributed by atoms with E-state index < -0.39 is 10.8 Å². The summed E-state index contributed by atoms with van der Waals surface area (Å²) >= 11 is 0. The number of rotatable bonds is 5. The molecule has 0 amide bonds. The van der Waals surface area contributed by atoms with Gasteiger partial charge in [-0.3, -0.25) is 0 Å². The molecular weight excluding hydrogens is 703 g/mol. The Morgan fingerprint density at radius 2 is 0.759 bits per heavy atom. The largest absolute Gasteiger partial charge is 0.456 e. The molecule has 2 nitrogen and oxygen atoms in total. The van der Waals surface area contributed by atoms with E-state index in [1.807, 2.05) is 12.1 Å². The van der Waals surface area contributed by atoms with Crippen LogP contribution in [0.5, 0.6) is 0 Å². The Hall–Kier alpha value is -7.42. The van der Waals surface area contributed by atoms with Gasteiger partial charge in [-0.1, -0.05) is 176 Å². The van der Waals surface area contributed by atoms with Crippen molar-refractivity contribution < 1.29 is 4.42 Å². The normalized spacial score (nSPS) is 14.1. The molecule has 2 aliphatic carbocycles. The SMILES string of the molecule is c1ccc(N(c2ccc3c(c2)-c2ccccc2C32c3ccccc3C(c3ccccc3)(c3ccccc3)c3ccccc32)c2ccc3c(c2)oc2ccccc23)cc1. The van der Waals surface area contributed by atoms with E-state index in [0.29, 0.717) is 0 Å². The molecule has 0 bridgehead atoms. The summed E-state index contributed by atoms with van der Waals surface area (Å²) in [5, 5.41) is 2.25. The molecule has 2 aliphatic rings. The van der Waals surface area contributed by atoms with Crippen LogP contribution in [-0.2, 0) is 10.8 Å². The maximum absolute atomic E-state index is 6.43. The van der Waals surface area contributed by atoms with E-state index in [4.69, 9.17) is 4.42 Å². The minimum atomic E-state index is -0.546. The van der Waals surface area contributed by atoms with Crippen molar-refractivity contribution in [2.75, 3.05) is 4.90 Å². The molecule has 0 fully saturated rings. The third-order valence-electron chi connectivity index (χ3n) is 12.8. The number of hydrogen-bond acceptors (Lipinski definition) is 2. The number of anilines is 3. The molecule has 1 heterocycles. The van der Waals surface area contributed by atoms with Gasteiger partial charge >= 0.3 is 0 Å². The lowest BCUT2D eigenvalue weighted by Gasteiger charge is -2.50. The van der Waals surface area contributed by atoms with E-state index >= 15 is 0 Å². The average molecular weight is 740 g/mol. The quantitative estimate of drug-likeness (QED) is 0.175. The van der Waals surface area contributed by atoms with E-state index in [-0.39, 0.29) is 0 Å². The number of furan rings is 1. The Bertz CT molecular complexity index is 3090. The summed E-state index contributed by atoms with van der Waals surface area (Å²) in [5.41, 5.74) is 16.8. The van der Waals surface area contributed by atoms with Crippen molar-refractivity contribution in [2.45, 2.75) is 10.8 Å². The molecule has 1 spiro atoms. The summed E-state index contributed by atoms with van der Waals surface area (Å²) < 4.78 is 6.43. The lowest BCUT2D eigenvalue weighted by molar-refractivity contribution is 0.623. The van der Waals surface area contributed by atoms with Gasteiger partial charge in [0.05, 0.1) is 10.8 Å².